The molecule has 0 spiro atoms. The number of aryl methyl sites for hydroxylation is 1. The maximum atomic E-state index is 12.0. The zero-order valence-corrected chi connectivity index (χ0v) is 13.3. The number of benzene rings is 1. The number of esters is 1. The zero-order valence-electron chi connectivity index (χ0n) is 12.5. The SMILES string of the molecule is CCCC(C)(Nc1cc(Cl)c([N+](=O)[O-])cc1C)C(=O)OC. The highest BCUT2D eigenvalue weighted by molar-refractivity contribution is 6.33. The van der Waals surface area contributed by atoms with Crippen LogP contribution in [0.3, 0.4) is 0 Å². The van der Waals surface area contributed by atoms with E-state index in [-0.39, 0.29) is 10.7 Å². The Labute approximate surface area is 128 Å². The summed E-state index contributed by atoms with van der Waals surface area (Å²) in [7, 11) is 1.33. The number of hydrogen-bond donors (Lipinski definition) is 1. The van der Waals surface area contributed by atoms with Crippen LogP contribution in [-0.4, -0.2) is 23.5 Å². The summed E-state index contributed by atoms with van der Waals surface area (Å²) in [5, 5.41) is 14.0. The Morgan fingerprint density at radius 1 is 1.52 bits per heavy atom. The van der Waals surface area contributed by atoms with Crippen LogP contribution < -0.4 is 5.32 Å². The maximum Gasteiger partial charge on any atom is 0.331 e. The lowest BCUT2D eigenvalue weighted by Gasteiger charge is -2.29. The monoisotopic (exact) mass is 314 g/mol. The van der Waals surface area contributed by atoms with E-state index in [4.69, 9.17) is 16.3 Å². The third-order valence-electron chi connectivity index (χ3n) is 3.29. The molecule has 21 heavy (non-hydrogen) atoms. The second kappa shape index (κ2) is 6.76. The predicted octanol–water partition coefficient (Wildman–Crippen LogP) is 3.70. The van der Waals surface area contributed by atoms with Gasteiger partial charge in [0.15, 0.2) is 0 Å². The van der Waals surface area contributed by atoms with Gasteiger partial charge in [-0.2, -0.15) is 0 Å². The molecule has 0 fully saturated rings. The number of nitrogens with zero attached hydrogens (tertiary/aromatic N) is 1. The highest BCUT2D eigenvalue weighted by Gasteiger charge is 2.34. The van der Waals surface area contributed by atoms with E-state index >= 15 is 0 Å². The van der Waals surface area contributed by atoms with E-state index in [1.165, 1.54) is 19.2 Å². The molecule has 0 radical (unpaired) electrons. The van der Waals surface area contributed by atoms with E-state index in [9.17, 15) is 14.9 Å². The molecule has 1 rings (SSSR count). The van der Waals surface area contributed by atoms with Crippen molar-refractivity contribution >= 4 is 28.9 Å². The summed E-state index contributed by atoms with van der Waals surface area (Å²) in [4.78, 5) is 22.3. The van der Waals surface area contributed by atoms with Gasteiger partial charge in [-0.1, -0.05) is 24.9 Å². The van der Waals surface area contributed by atoms with Crippen LogP contribution in [0.5, 0.6) is 0 Å². The van der Waals surface area contributed by atoms with Gasteiger partial charge in [-0.05, 0) is 31.9 Å². The van der Waals surface area contributed by atoms with Gasteiger partial charge in [0.1, 0.15) is 10.6 Å². The maximum absolute atomic E-state index is 12.0. The molecule has 0 aliphatic heterocycles. The molecule has 7 heteroatoms. The molecular formula is C14H19ClN2O4. The molecule has 0 saturated heterocycles. The van der Waals surface area contributed by atoms with Gasteiger partial charge in [0.25, 0.3) is 5.69 Å². The number of halogens is 1. The Balaban J connectivity index is 3.19. The van der Waals surface area contributed by atoms with E-state index in [0.29, 0.717) is 17.7 Å². The lowest BCUT2D eigenvalue weighted by Crippen LogP contribution is -2.44. The molecule has 0 aliphatic carbocycles. The van der Waals surface area contributed by atoms with Crippen molar-refractivity contribution in [3.8, 4) is 0 Å². The predicted molar refractivity (Wildman–Crippen MR) is 81.8 cm³/mol. The molecule has 1 aromatic rings. The van der Waals surface area contributed by atoms with Crippen molar-refractivity contribution < 1.29 is 14.5 Å². The van der Waals surface area contributed by atoms with Gasteiger partial charge >= 0.3 is 5.97 Å². The van der Waals surface area contributed by atoms with Crippen molar-refractivity contribution in [3.05, 3.63) is 32.8 Å². The van der Waals surface area contributed by atoms with E-state index in [2.05, 4.69) is 5.32 Å². The van der Waals surface area contributed by atoms with Crippen molar-refractivity contribution in [1.29, 1.82) is 0 Å². The molecule has 0 aromatic heterocycles. The van der Waals surface area contributed by atoms with Crippen LogP contribution in [0.25, 0.3) is 0 Å². The molecule has 0 amide bonds. The van der Waals surface area contributed by atoms with Gasteiger partial charge in [-0.25, -0.2) is 4.79 Å². The summed E-state index contributed by atoms with van der Waals surface area (Å²) in [5.74, 6) is -0.391. The number of methoxy groups -OCH3 is 1. The molecule has 0 bridgehead atoms. The standard InChI is InChI=1S/C14H19ClN2O4/c1-5-6-14(3,13(18)21-4)16-11-8-10(15)12(17(19)20)7-9(11)2/h7-8,16H,5-6H2,1-4H3. The van der Waals surface area contributed by atoms with E-state index in [1.807, 2.05) is 6.92 Å². The molecule has 1 atom stereocenters. The number of ether oxygens (including phenoxy) is 1. The Hall–Kier alpha value is -1.82. The highest BCUT2D eigenvalue weighted by Crippen LogP contribution is 2.33. The Morgan fingerprint density at radius 3 is 2.62 bits per heavy atom. The molecule has 0 heterocycles. The molecule has 0 aliphatic rings. The quantitative estimate of drug-likeness (QED) is 0.492. The van der Waals surface area contributed by atoms with Crippen LogP contribution in [0.1, 0.15) is 32.3 Å². The smallest absolute Gasteiger partial charge is 0.331 e. The van der Waals surface area contributed by atoms with Crippen molar-refractivity contribution in [2.75, 3.05) is 12.4 Å². The summed E-state index contributed by atoms with van der Waals surface area (Å²) < 4.78 is 4.83. The minimum Gasteiger partial charge on any atom is -0.467 e. The zero-order chi connectivity index (χ0) is 16.2. The average molecular weight is 315 g/mol. The van der Waals surface area contributed by atoms with Gasteiger partial charge in [-0.15, -0.1) is 0 Å². The number of nitro benzene ring substituents is 1. The minimum atomic E-state index is -0.909. The Bertz CT molecular complexity index is 562. The van der Waals surface area contributed by atoms with Gasteiger partial charge in [0.2, 0.25) is 0 Å². The summed E-state index contributed by atoms with van der Waals surface area (Å²) in [5.41, 5.74) is 0.146. The second-order valence-corrected chi connectivity index (χ2v) is 5.48. The first-order chi connectivity index (χ1) is 9.75. The third-order valence-corrected chi connectivity index (χ3v) is 3.59. The second-order valence-electron chi connectivity index (χ2n) is 5.07. The molecule has 6 nitrogen and oxygen atoms in total. The topological polar surface area (TPSA) is 81.5 Å². The largest absolute Gasteiger partial charge is 0.467 e. The number of nitro groups is 1. The summed E-state index contributed by atoms with van der Waals surface area (Å²) in [6, 6.07) is 2.85. The fraction of sp³-hybridized carbons (Fsp3) is 0.500. The van der Waals surface area contributed by atoms with Gasteiger partial charge in [0, 0.05) is 11.8 Å². The number of anilines is 1. The van der Waals surface area contributed by atoms with Crippen LogP contribution in [0.15, 0.2) is 12.1 Å². The minimum absolute atomic E-state index is 0.0248. The highest BCUT2D eigenvalue weighted by atomic mass is 35.5. The number of nitrogens with one attached hydrogen (secondary N) is 1. The first-order valence-corrected chi connectivity index (χ1v) is 6.94. The van der Waals surface area contributed by atoms with E-state index in [0.717, 1.165) is 6.42 Å². The van der Waals surface area contributed by atoms with Crippen LogP contribution >= 0.6 is 11.6 Å². The van der Waals surface area contributed by atoms with Crippen LogP contribution in [0.4, 0.5) is 11.4 Å². The van der Waals surface area contributed by atoms with E-state index in [1.54, 1.807) is 13.8 Å². The average Bonchev–Trinajstić information content (AvgIpc) is 2.41. The third kappa shape index (κ3) is 3.85. The van der Waals surface area contributed by atoms with Gasteiger partial charge in [-0.3, -0.25) is 10.1 Å². The van der Waals surface area contributed by atoms with Crippen molar-refractivity contribution in [2.24, 2.45) is 0 Å². The fourth-order valence-electron chi connectivity index (χ4n) is 2.18. The Morgan fingerprint density at radius 2 is 2.14 bits per heavy atom. The van der Waals surface area contributed by atoms with Crippen LogP contribution in [-0.2, 0) is 9.53 Å². The number of carbonyl (C=O) groups excluding carboxylic acids is 1. The van der Waals surface area contributed by atoms with Gasteiger partial charge in [0.05, 0.1) is 12.0 Å². The molecule has 0 saturated carbocycles. The lowest BCUT2D eigenvalue weighted by molar-refractivity contribution is -0.384. The summed E-state index contributed by atoms with van der Waals surface area (Å²) >= 11 is 5.92. The number of rotatable bonds is 6. The van der Waals surface area contributed by atoms with Crippen LogP contribution in [0.2, 0.25) is 5.02 Å². The molecule has 116 valence electrons. The summed E-state index contributed by atoms with van der Waals surface area (Å²) in [6.07, 6.45) is 1.34. The molecule has 1 aromatic carbocycles. The molecular weight excluding hydrogens is 296 g/mol. The number of hydrogen-bond acceptors (Lipinski definition) is 5. The molecule has 1 N–H and O–H groups in total. The van der Waals surface area contributed by atoms with E-state index < -0.39 is 16.4 Å². The van der Waals surface area contributed by atoms with Crippen LogP contribution in [0, 0.1) is 17.0 Å². The lowest BCUT2D eigenvalue weighted by atomic mass is 9.95. The first-order valence-electron chi connectivity index (χ1n) is 6.56. The van der Waals surface area contributed by atoms with Crippen molar-refractivity contribution in [2.45, 2.75) is 39.2 Å². The molecule has 1 unspecified atom stereocenters. The fourth-order valence-corrected chi connectivity index (χ4v) is 2.41. The summed E-state index contributed by atoms with van der Waals surface area (Å²) in [6.45, 7) is 5.41. The number of carbonyl (C=O) groups is 1. The van der Waals surface area contributed by atoms with Crippen molar-refractivity contribution in [1.82, 2.24) is 0 Å². The van der Waals surface area contributed by atoms with Gasteiger partial charge < -0.3 is 10.1 Å². The van der Waals surface area contributed by atoms with Crippen molar-refractivity contribution in [3.63, 3.8) is 0 Å². The normalized spacial score (nSPS) is 13.4. The Kier molecular flexibility index (Phi) is 5.54. The first kappa shape index (κ1) is 17.2.